The zero-order valence-corrected chi connectivity index (χ0v) is 17.9. The quantitative estimate of drug-likeness (QED) is 0.783. The lowest BCUT2D eigenvalue weighted by Gasteiger charge is -2.29. The van der Waals surface area contributed by atoms with E-state index < -0.39 is 0 Å². The summed E-state index contributed by atoms with van der Waals surface area (Å²) in [6.07, 6.45) is 12.0. The van der Waals surface area contributed by atoms with Gasteiger partial charge in [-0.15, -0.1) is 0 Å². The number of carbonyl (C=O) groups is 1. The van der Waals surface area contributed by atoms with Crippen LogP contribution in [0.4, 0.5) is 5.82 Å². The summed E-state index contributed by atoms with van der Waals surface area (Å²) in [5, 5.41) is 3.16. The molecule has 0 unspecified atom stereocenters. The molecule has 4 rings (SSSR count). The van der Waals surface area contributed by atoms with Crippen LogP contribution in [0.2, 0.25) is 0 Å². The van der Waals surface area contributed by atoms with E-state index in [1.165, 1.54) is 57.1 Å². The smallest absolute Gasteiger partial charge is 0.253 e. The van der Waals surface area contributed by atoms with E-state index >= 15 is 0 Å². The number of anilines is 1. The molecule has 0 spiro atoms. The van der Waals surface area contributed by atoms with Gasteiger partial charge in [-0.3, -0.25) is 4.79 Å². The maximum absolute atomic E-state index is 13.0. The molecule has 1 aliphatic heterocycles. The van der Waals surface area contributed by atoms with Gasteiger partial charge < -0.3 is 14.8 Å². The number of nitrogens with one attached hydrogen (secondary N) is 1. The van der Waals surface area contributed by atoms with Crippen molar-refractivity contribution in [3.05, 3.63) is 46.9 Å². The highest BCUT2D eigenvalue weighted by atomic mass is 16.1. The van der Waals surface area contributed by atoms with Crippen molar-refractivity contribution in [1.29, 1.82) is 0 Å². The molecule has 2 aromatic heterocycles. The molecule has 0 radical (unpaired) electrons. The lowest BCUT2D eigenvalue weighted by molar-refractivity contribution is 0.0950. The average molecular weight is 395 g/mol. The second-order valence-electron chi connectivity index (χ2n) is 8.66. The van der Waals surface area contributed by atoms with Crippen LogP contribution in [-0.4, -0.2) is 28.5 Å². The molecule has 2 aromatic rings. The Kier molecular flexibility index (Phi) is 6.22. The number of aromatic nitrogens is 2. The molecule has 2 aliphatic rings. The number of rotatable bonds is 5. The van der Waals surface area contributed by atoms with Crippen molar-refractivity contribution in [3.63, 3.8) is 0 Å². The number of amides is 1. The third-order valence-corrected chi connectivity index (χ3v) is 6.63. The van der Waals surface area contributed by atoms with E-state index in [1.807, 2.05) is 12.3 Å². The van der Waals surface area contributed by atoms with Gasteiger partial charge in [-0.25, -0.2) is 4.98 Å². The van der Waals surface area contributed by atoms with E-state index in [1.54, 1.807) is 0 Å². The first-order valence-electron chi connectivity index (χ1n) is 11.3. The highest BCUT2D eigenvalue weighted by Crippen LogP contribution is 2.32. The van der Waals surface area contributed by atoms with Crippen molar-refractivity contribution < 1.29 is 4.79 Å². The monoisotopic (exact) mass is 394 g/mol. The van der Waals surface area contributed by atoms with Crippen molar-refractivity contribution in [2.45, 2.75) is 77.8 Å². The van der Waals surface area contributed by atoms with Crippen molar-refractivity contribution in [3.8, 4) is 0 Å². The Labute approximate surface area is 174 Å². The fraction of sp³-hybridized carbons (Fsp3) is 0.583. The van der Waals surface area contributed by atoms with Gasteiger partial charge in [0.2, 0.25) is 0 Å². The average Bonchev–Trinajstić information content (AvgIpc) is 3.07. The van der Waals surface area contributed by atoms with Crippen LogP contribution in [0.5, 0.6) is 0 Å². The van der Waals surface area contributed by atoms with Gasteiger partial charge in [-0.1, -0.05) is 25.3 Å². The molecule has 1 N–H and O–H groups in total. The molecule has 156 valence electrons. The minimum Gasteiger partial charge on any atom is -0.356 e. The summed E-state index contributed by atoms with van der Waals surface area (Å²) in [6.45, 7) is 6.86. The molecule has 1 amide bonds. The van der Waals surface area contributed by atoms with Crippen molar-refractivity contribution in [2.24, 2.45) is 0 Å². The molecule has 5 heteroatoms. The third kappa shape index (κ3) is 4.34. The molecule has 2 fully saturated rings. The standard InChI is InChI=1S/C24H34N4O/c1-18-16-22(19(2)28(18)21-11-5-3-6-12-21)24(29)26-17-20-10-9-13-25-23(20)27-14-7-4-8-15-27/h9-10,13,16,21H,3-8,11-12,14-15,17H2,1-2H3,(H,26,29). The first-order valence-corrected chi connectivity index (χ1v) is 11.3. The fourth-order valence-electron chi connectivity index (χ4n) is 5.14. The number of hydrogen-bond donors (Lipinski definition) is 1. The van der Waals surface area contributed by atoms with Crippen molar-refractivity contribution in [2.75, 3.05) is 18.0 Å². The van der Waals surface area contributed by atoms with Crippen LogP contribution < -0.4 is 10.2 Å². The van der Waals surface area contributed by atoms with Gasteiger partial charge >= 0.3 is 0 Å². The Bertz CT molecular complexity index is 845. The van der Waals surface area contributed by atoms with Gasteiger partial charge in [-0.05, 0) is 58.1 Å². The Balaban J connectivity index is 1.47. The summed E-state index contributed by atoms with van der Waals surface area (Å²) in [5.74, 6) is 1.05. The van der Waals surface area contributed by atoms with Crippen molar-refractivity contribution in [1.82, 2.24) is 14.9 Å². The summed E-state index contributed by atoms with van der Waals surface area (Å²) in [4.78, 5) is 20.0. The number of piperidine rings is 1. The summed E-state index contributed by atoms with van der Waals surface area (Å²) < 4.78 is 2.40. The maximum atomic E-state index is 13.0. The van der Waals surface area contributed by atoms with Gasteiger partial charge in [0, 0.05) is 48.8 Å². The summed E-state index contributed by atoms with van der Waals surface area (Å²) >= 11 is 0. The molecular formula is C24H34N4O. The van der Waals surface area contributed by atoms with Gasteiger partial charge in [0.05, 0.1) is 5.56 Å². The highest BCUT2D eigenvalue weighted by Gasteiger charge is 2.23. The molecule has 0 atom stereocenters. The number of nitrogens with zero attached hydrogens (tertiary/aromatic N) is 3. The molecule has 3 heterocycles. The van der Waals surface area contributed by atoms with E-state index in [-0.39, 0.29) is 5.91 Å². The highest BCUT2D eigenvalue weighted by molar-refractivity contribution is 5.95. The van der Waals surface area contributed by atoms with E-state index in [4.69, 9.17) is 0 Å². The molecule has 1 saturated heterocycles. The van der Waals surface area contributed by atoms with Crippen LogP contribution in [0, 0.1) is 13.8 Å². The van der Waals surface area contributed by atoms with E-state index in [9.17, 15) is 4.79 Å². The van der Waals surface area contributed by atoms with Gasteiger partial charge in [0.25, 0.3) is 5.91 Å². The minimum atomic E-state index is 0.0219. The van der Waals surface area contributed by atoms with Crippen LogP contribution in [0.15, 0.2) is 24.4 Å². The van der Waals surface area contributed by atoms with Crippen LogP contribution >= 0.6 is 0 Å². The van der Waals surface area contributed by atoms with Crippen LogP contribution in [0.25, 0.3) is 0 Å². The molecule has 1 aliphatic carbocycles. The Morgan fingerprint density at radius 2 is 1.83 bits per heavy atom. The predicted molar refractivity (Wildman–Crippen MR) is 117 cm³/mol. The molecule has 29 heavy (non-hydrogen) atoms. The molecular weight excluding hydrogens is 360 g/mol. The third-order valence-electron chi connectivity index (χ3n) is 6.63. The lowest BCUT2D eigenvalue weighted by atomic mass is 9.95. The summed E-state index contributed by atoms with van der Waals surface area (Å²) in [5.41, 5.74) is 4.23. The Morgan fingerprint density at radius 3 is 2.59 bits per heavy atom. The largest absolute Gasteiger partial charge is 0.356 e. The molecule has 5 nitrogen and oxygen atoms in total. The van der Waals surface area contributed by atoms with E-state index in [2.05, 4.69) is 45.7 Å². The SMILES string of the molecule is Cc1cc(C(=O)NCc2cccnc2N2CCCCC2)c(C)n1C1CCCCC1. The summed E-state index contributed by atoms with van der Waals surface area (Å²) in [7, 11) is 0. The summed E-state index contributed by atoms with van der Waals surface area (Å²) in [6, 6.07) is 6.66. The zero-order chi connectivity index (χ0) is 20.2. The molecule has 0 bridgehead atoms. The van der Waals surface area contributed by atoms with Crippen LogP contribution in [-0.2, 0) is 6.54 Å². The van der Waals surface area contributed by atoms with Gasteiger partial charge in [0.15, 0.2) is 0 Å². The zero-order valence-electron chi connectivity index (χ0n) is 17.9. The first-order chi connectivity index (χ1) is 14.1. The second kappa shape index (κ2) is 9.02. The van der Waals surface area contributed by atoms with Gasteiger partial charge in [-0.2, -0.15) is 0 Å². The van der Waals surface area contributed by atoms with E-state index in [0.29, 0.717) is 12.6 Å². The molecule has 1 saturated carbocycles. The van der Waals surface area contributed by atoms with Crippen LogP contribution in [0.3, 0.4) is 0 Å². The van der Waals surface area contributed by atoms with Crippen LogP contribution in [0.1, 0.15) is 84.7 Å². The number of hydrogen-bond acceptors (Lipinski definition) is 3. The number of pyridine rings is 1. The fourth-order valence-corrected chi connectivity index (χ4v) is 5.14. The van der Waals surface area contributed by atoms with E-state index in [0.717, 1.165) is 35.7 Å². The molecule has 0 aromatic carbocycles. The topological polar surface area (TPSA) is 50.2 Å². The predicted octanol–water partition coefficient (Wildman–Crippen LogP) is 4.93. The second-order valence-corrected chi connectivity index (χ2v) is 8.66. The Hall–Kier alpha value is -2.30. The first kappa shape index (κ1) is 20.0. The maximum Gasteiger partial charge on any atom is 0.253 e. The Morgan fingerprint density at radius 1 is 1.10 bits per heavy atom. The van der Waals surface area contributed by atoms with Crippen molar-refractivity contribution >= 4 is 11.7 Å². The normalized spacial score (nSPS) is 18.1. The minimum absolute atomic E-state index is 0.0219. The van der Waals surface area contributed by atoms with Gasteiger partial charge in [0.1, 0.15) is 5.82 Å². The lowest BCUT2D eigenvalue weighted by Crippen LogP contribution is -2.32. The number of aryl methyl sites for hydroxylation is 1. The number of carbonyl (C=O) groups excluding carboxylic acids is 1.